The van der Waals surface area contributed by atoms with Crippen LogP contribution in [0.3, 0.4) is 0 Å². The van der Waals surface area contributed by atoms with Crippen molar-refractivity contribution >= 4 is 42.0 Å². The van der Waals surface area contributed by atoms with Gasteiger partial charge in [-0.1, -0.05) is 25.0 Å². The van der Waals surface area contributed by atoms with Gasteiger partial charge in [-0.25, -0.2) is 9.48 Å². The van der Waals surface area contributed by atoms with Gasteiger partial charge in [0, 0.05) is 12.5 Å². The van der Waals surface area contributed by atoms with Crippen molar-refractivity contribution in [1.82, 2.24) is 19.7 Å². The normalized spacial score (nSPS) is 24.7. The molecule has 5 atom stereocenters. The molecular weight excluding hydrogens is 597 g/mol. The van der Waals surface area contributed by atoms with Crippen LogP contribution < -0.4 is 5.32 Å². The maximum atomic E-state index is 12.5. The average Bonchev–Trinajstić information content (AvgIpc) is 3.67. The number of carboxylic acids is 1. The summed E-state index contributed by atoms with van der Waals surface area (Å²) in [6, 6.07) is 5.42. The smallest absolute Gasteiger partial charge is 0.359 e. The summed E-state index contributed by atoms with van der Waals surface area (Å²) in [6.45, 7) is -1.74. The van der Waals surface area contributed by atoms with Gasteiger partial charge in [0.25, 0.3) is 0 Å². The predicted molar refractivity (Wildman–Crippen MR) is 147 cm³/mol. The number of carbonyl (C=O) groups is 1. The zero-order chi connectivity index (χ0) is 30.2. The topological polar surface area (TPSA) is 230 Å². The van der Waals surface area contributed by atoms with Crippen molar-refractivity contribution < 1.29 is 49.0 Å². The number of ether oxygens (including phenoxy) is 2. The number of benzene rings is 1. The van der Waals surface area contributed by atoms with Gasteiger partial charge >= 0.3 is 13.6 Å². The Hall–Kier alpha value is -2.72. The molecule has 42 heavy (non-hydrogen) atoms. The summed E-state index contributed by atoms with van der Waals surface area (Å²) in [5.41, 5.74) is 0.481. The fourth-order valence-corrected chi connectivity index (χ4v) is 6.26. The van der Waals surface area contributed by atoms with Crippen LogP contribution in [0.4, 0.5) is 5.82 Å². The first-order valence-electron chi connectivity index (χ1n) is 13.2. The molecule has 1 saturated heterocycles. The summed E-state index contributed by atoms with van der Waals surface area (Å²) in [5, 5.41) is 46.4. The zero-order valence-corrected chi connectivity index (χ0v) is 23.8. The number of nitrogens with zero attached hydrogens (tertiary/aromatic N) is 4. The molecule has 228 valence electrons. The van der Waals surface area contributed by atoms with Gasteiger partial charge in [0.2, 0.25) is 5.28 Å². The lowest BCUT2D eigenvalue weighted by molar-refractivity contribution is -0.109. The van der Waals surface area contributed by atoms with E-state index in [1.807, 2.05) is 0 Å². The monoisotopic (exact) mass is 627 g/mol. The van der Waals surface area contributed by atoms with E-state index in [0.29, 0.717) is 11.2 Å². The van der Waals surface area contributed by atoms with Crippen molar-refractivity contribution in [2.75, 3.05) is 18.5 Å². The van der Waals surface area contributed by atoms with E-state index in [4.69, 9.17) is 26.2 Å². The summed E-state index contributed by atoms with van der Waals surface area (Å²) in [6.07, 6.45) is -0.510. The van der Waals surface area contributed by atoms with Crippen LogP contribution in [0.25, 0.3) is 11.0 Å². The maximum Gasteiger partial charge on any atom is 0.359 e. The van der Waals surface area contributed by atoms with Crippen molar-refractivity contribution in [1.29, 1.82) is 0 Å². The minimum Gasteiger partial charge on any atom is -0.478 e. The zero-order valence-electron chi connectivity index (χ0n) is 22.2. The Balaban J connectivity index is 1.35. The van der Waals surface area contributed by atoms with Gasteiger partial charge in [-0.15, -0.1) is 0 Å². The van der Waals surface area contributed by atoms with E-state index < -0.39 is 63.1 Å². The Bertz CT molecular complexity index is 1480. The third kappa shape index (κ3) is 6.02. The van der Waals surface area contributed by atoms with E-state index in [0.717, 1.165) is 25.7 Å². The van der Waals surface area contributed by atoms with Gasteiger partial charge < -0.3 is 45.0 Å². The number of nitrogens with one attached hydrogen (secondary N) is 1. The van der Waals surface area contributed by atoms with Crippen LogP contribution >= 0.6 is 19.2 Å². The van der Waals surface area contributed by atoms with Gasteiger partial charge in [-0.2, -0.15) is 15.1 Å². The molecular formula is C25H31ClN5O10P. The van der Waals surface area contributed by atoms with E-state index in [2.05, 4.69) is 20.4 Å². The molecule has 1 aliphatic carbocycles. The summed E-state index contributed by atoms with van der Waals surface area (Å²) in [7, 11) is -5.16. The summed E-state index contributed by atoms with van der Waals surface area (Å²) < 4.78 is 25.2. The minimum absolute atomic E-state index is 0.0351. The van der Waals surface area contributed by atoms with Gasteiger partial charge in [-0.05, 0) is 42.1 Å². The molecule has 2 fully saturated rings. The highest BCUT2D eigenvalue weighted by atomic mass is 35.5. The number of hydrogen-bond acceptors (Lipinski definition) is 11. The molecule has 3 aromatic rings. The van der Waals surface area contributed by atoms with E-state index in [9.17, 15) is 34.5 Å². The van der Waals surface area contributed by atoms with Gasteiger partial charge in [0.15, 0.2) is 17.2 Å². The molecule has 7 N–H and O–H groups in total. The van der Waals surface area contributed by atoms with Crippen molar-refractivity contribution in [3.8, 4) is 0 Å². The molecule has 1 aliphatic heterocycles. The second kappa shape index (κ2) is 12.1. The number of rotatable bonds is 11. The SMILES string of the molecule is O=C(O)c1ccc(C[C@@](CO)(OC[C@H]2O[C@@H](n3ncc4c(NC5CCCC5)nc(Cl)nc43)[C@H](O)[C@@H]2O)P(=O)(O)O)cc1. The van der Waals surface area contributed by atoms with Gasteiger partial charge in [-0.3, -0.25) is 4.57 Å². The number of aliphatic hydroxyl groups is 3. The van der Waals surface area contributed by atoms with Gasteiger partial charge in [0.1, 0.15) is 24.1 Å². The van der Waals surface area contributed by atoms with Crippen molar-refractivity contribution in [2.45, 2.75) is 68.0 Å². The Morgan fingerprint density at radius 2 is 1.86 bits per heavy atom. The molecule has 0 radical (unpaired) electrons. The van der Waals surface area contributed by atoms with E-state index in [1.165, 1.54) is 35.1 Å². The van der Waals surface area contributed by atoms with Crippen molar-refractivity contribution in [2.24, 2.45) is 0 Å². The van der Waals surface area contributed by atoms with E-state index >= 15 is 0 Å². The van der Waals surface area contributed by atoms with Crippen LogP contribution in [0.1, 0.15) is 47.8 Å². The highest BCUT2D eigenvalue weighted by Crippen LogP contribution is 2.53. The Morgan fingerprint density at radius 3 is 2.48 bits per heavy atom. The molecule has 0 unspecified atom stereocenters. The first-order chi connectivity index (χ1) is 19.9. The lowest BCUT2D eigenvalue weighted by atomic mass is 10.1. The Labute approximate surface area is 244 Å². The average molecular weight is 628 g/mol. The summed E-state index contributed by atoms with van der Waals surface area (Å²) >= 11 is 6.19. The number of fused-ring (bicyclic) bond motifs is 1. The van der Waals surface area contributed by atoms with Crippen LogP contribution in [0.2, 0.25) is 5.28 Å². The quantitative estimate of drug-likeness (QED) is 0.117. The number of hydrogen-bond donors (Lipinski definition) is 7. The van der Waals surface area contributed by atoms with Crippen LogP contribution in [-0.4, -0.2) is 98.8 Å². The Morgan fingerprint density at radius 1 is 1.17 bits per heavy atom. The number of halogens is 1. The van der Waals surface area contributed by atoms with E-state index in [-0.39, 0.29) is 28.1 Å². The van der Waals surface area contributed by atoms with Crippen LogP contribution in [0, 0.1) is 0 Å². The first-order valence-corrected chi connectivity index (χ1v) is 15.2. The molecule has 5 rings (SSSR count). The molecule has 2 aromatic heterocycles. The number of aromatic carboxylic acids is 1. The lowest BCUT2D eigenvalue weighted by Crippen LogP contribution is -2.43. The Kier molecular flexibility index (Phi) is 8.86. The molecule has 1 saturated carbocycles. The fourth-order valence-electron chi connectivity index (χ4n) is 5.28. The number of carboxylic acid groups (broad SMARTS) is 1. The van der Waals surface area contributed by atoms with Crippen LogP contribution in [-0.2, 0) is 20.5 Å². The molecule has 0 spiro atoms. The number of aliphatic hydroxyl groups excluding tert-OH is 3. The predicted octanol–water partition coefficient (Wildman–Crippen LogP) is 1.28. The first kappa shape index (κ1) is 30.7. The maximum absolute atomic E-state index is 12.5. The lowest BCUT2D eigenvalue weighted by Gasteiger charge is -2.34. The molecule has 17 heteroatoms. The van der Waals surface area contributed by atoms with E-state index in [1.54, 1.807) is 0 Å². The third-order valence-electron chi connectivity index (χ3n) is 7.68. The third-order valence-corrected chi connectivity index (χ3v) is 9.34. The second-order valence-electron chi connectivity index (χ2n) is 10.5. The minimum atomic E-state index is -5.16. The van der Waals surface area contributed by atoms with Crippen molar-refractivity contribution in [3.63, 3.8) is 0 Å². The summed E-state index contributed by atoms with van der Waals surface area (Å²) in [5.74, 6) is -0.705. The van der Waals surface area contributed by atoms with Crippen LogP contribution in [0.5, 0.6) is 0 Å². The highest BCUT2D eigenvalue weighted by Gasteiger charge is 2.51. The van der Waals surface area contributed by atoms with Crippen LogP contribution in [0.15, 0.2) is 30.5 Å². The summed E-state index contributed by atoms with van der Waals surface area (Å²) in [4.78, 5) is 39.9. The number of anilines is 1. The largest absolute Gasteiger partial charge is 0.478 e. The standard InChI is InChI=1S/C25H31ClN5O10P/c26-24-29-20(28-15-3-1-2-4-15)16-10-27-31(21(16)30-24)22-19(34)18(33)17(41-22)11-40-25(12-32,42(37,38)39)9-13-5-7-14(8-6-13)23(35)36/h5-8,10,15,17-19,22,32-34H,1-4,9,11-12H2,(H,35,36)(H,28,29,30)(H2,37,38,39)/t17-,18-,19-,22-,25-/m1/s1. The molecule has 0 amide bonds. The molecule has 0 bridgehead atoms. The number of aromatic nitrogens is 4. The highest BCUT2D eigenvalue weighted by molar-refractivity contribution is 7.53. The van der Waals surface area contributed by atoms with Crippen molar-refractivity contribution in [3.05, 3.63) is 46.9 Å². The molecule has 2 aliphatic rings. The molecule has 15 nitrogen and oxygen atoms in total. The molecule has 1 aromatic carbocycles. The fraction of sp³-hybridized carbons (Fsp3) is 0.520. The molecule has 3 heterocycles. The van der Waals surface area contributed by atoms with Gasteiger partial charge in [0.05, 0.1) is 30.4 Å². The second-order valence-corrected chi connectivity index (χ2v) is 12.7.